The Morgan fingerprint density at radius 3 is 2.90 bits per heavy atom. The van der Waals surface area contributed by atoms with Crippen LogP contribution < -0.4 is 0 Å². The highest BCUT2D eigenvalue weighted by molar-refractivity contribution is 6.37. The minimum atomic E-state index is -0.474. The van der Waals surface area contributed by atoms with Gasteiger partial charge in [0.1, 0.15) is 0 Å². The van der Waals surface area contributed by atoms with Crippen molar-refractivity contribution >= 4 is 13.5 Å². The van der Waals surface area contributed by atoms with Gasteiger partial charge in [-0.15, -0.1) is 0 Å². The third-order valence-electron chi connectivity index (χ3n) is 1.08. The molecule has 0 bridgehead atoms. The number of nitrogens with zero attached hydrogens (tertiary/aromatic N) is 1. The molecule has 1 saturated heterocycles. The maximum absolute atomic E-state index is 5.05. The summed E-state index contributed by atoms with van der Waals surface area (Å²) in [6, 6.07) is 0. The number of hydrogen-bond donors (Lipinski definition) is 0. The molecule has 0 aromatic carbocycles. The minimum Gasteiger partial charge on any atom is -0.384 e. The van der Waals surface area contributed by atoms with E-state index in [9.17, 15) is 0 Å². The summed E-state index contributed by atoms with van der Waals surface area (Å²) in [6.45, 7) is 1.68. The van der Waals surface area contributed by atoms with Crippen molar-refractivity contribution in [2.75, 3.05) is 26.9 Å². The molecule has 0 N–H and O–H groups in total. The van der Waals surface area contributed by atoms with E-state index in [0.717, 1.165) is 0 Å². The lowest BCUT2D eigenvalue weighted by atomic mass is 10.2. The molecule has 0 amide bonds. The standard InChI is InChI=1S/C5H10BNO3/c1-7-2-3-8-6-9-4-5-10-6/h2H,3-5H2,1H3. The normalized spacial score (nSPS) is 19.1. The van der Waals surface area contributed by atoms with Crippen molar-refractivity contribution in [1.82, 2.24) is 0 Å². The second-order valence-electron chi connectivity index (χ2n) is 1.80. The molecule has 1 aliphatic rings. The topological polar surface area (TPSA) is 40.0 Å². The van der Waals surface area contributed by atoms with Crippen molar-refractivity contribution in [2.24, 2.45) is 4.99 Å². The smallest absolute Gasteiger partial charge is 0.384 e. The minimum absolute atomic E-state index is 0.446. The van der Waals surface area contributed by atoms with Crippen LogP contribution in [0.1, 0.15) is 0 Å². The summed E-state index contributed by atoms with van der Waals surface area (Å²) >= 11 is 0. The Morgan fingerprint density at radius 1 is 1.60 bits per heavy atom. The van der Waals surface area contributed by atoms with Gasteiger partial charge in [-0.25, -0.2) is 0 Å². The SMILES string of the molecule is CN=CCOB1OCCO1. The van der Waals surface area contributed by atoms with Crippen LogP contribution in [0.5, 0.6) is 0 Å². The van der Waals surface area contributed by atoms with Gasteiger partial charge in [0.2, 0.25) is 0 Å². The molecule has 1 aliphatic heterocycles. The molecule has 0 aromatic heterocycles. The summed E-state index contributed by atoms with van der Waals surface area (Å²) in [7, 11) is 1.22. The lowest BCUT2D eigenvalue weighted by Crippen LogP contribution is -2.20. The molecule has 56 valence electrons. The van der Waals surface area contributed by atoms with Gasteiger partial charge in [-0.05, 0) is 0 Å². The predicted molar refractivity (Wildman–Crippen MR) is 38.0 cm³/mol. The Bertz CT molecular complexity index is 113. The summed E-state index contributed by atoms with van der Waals surface area (Å²) in [5.41, 5.74) is 0. The fraction of sp³-hybridized carbons (Fsp3) is 0.800. The van der Waals surface area contributed by atoms with Crippen LogP contribution in [0.2, 0.25) is 0 Å². The van der Waals surface area contributed by atoms with Crippen LogP contribution in [-0.4, -0.2) is 40.4 Å². The van der Waals surface area contributed by atoms with Crippen molar-refractivity contribution in [1.29, 1.82) is 0 Å². The van der Waals surface area contributed by atoms with E-state index in [2.05, 4.69) is 4.99 Å². The second kappa shape index (κ2) is 4.43. The third-order valence-corrected chi connectivity index (χ3v) is 1.08. The van der Waals surface area contributed by atoms with E-state index in [1.807, 2.05) is 0 Å². The molecule has 0 unspecified atom stereocenters. The van der Waals surface area contributed by atoms with E-state index < -0.39 is 7.32 Å². The van der Waals surface area contributed by atoms with E-state index in [1.54, 1.807) is 13.3 Å². The first-order valence-corrected chi connectivity index (χ1v) is 3.19. The quantitative estimate of drug-likeness (QED) is 0.403. The molecule has 0 spiro atoms. The summed E-state index contributed by atoms with van der Waals surface area (Å²) in [5, 5.41) is 0. The molecule has 0 radical (unpaired) electrons. The molecule has 1 heterocycles. The Hall–Kier alpha value is -0.385. The molecule has 0 aromatic rings. The predicted octanol–water partition coefficient (Wildman–Crippen LogP) is -0.265. The Labute approximate surface area is 60.4 Å². The van der Waals surface area contributed by atoms with E-state index in [0.29, 0.717) is 19.8 Å². The van der Waals surface area contributed by atoms with Crippen molar-refractivity contribution in [3.63, 3.8) is 0 Å². The monoisotopic (exact) mass is 143 g/mol. The first-order chi connectivity index (χ1) is 4.93. The Balaban J connectivity index is 2.01. The highest BCUT2D eigenvalue weighted by Crippen LogP contribution is 1.98. The van der Waals surface area contributed by atoms with Gasteiger partial charge in [0.05, 0.1) is 19.8 Å². The van der Waals surface area contributed by atoms with Crippen LogP contribution in [0.15, 0.2) is 4.99 Å². The van der Waals surface area contributed by atoms with Crippen molar-refractivity contribution < 1.29 is 14.0 Å². The lowest BCUT2D eigenvalue weighted by Gasteiger charge is -2.00. The van der Waals surface area contributed by atoms with Crippen LogP contribution in [0, 0.1) is 0 Å². The fourth-order valence-electron chi connectivity index (χ4n) is 0.629. The van der Waals surface area contributed by atoms with Crippen LogP contribution in [-0.2, 0) is 14.0 Å². The average Bonchev–Trinajstić information content (AvgIpc) is 2.41. The number of aliphatic imine (C=N–C) groups is 1. The summed E-state index contributed by atoms with van der Waals surface area (Å²) in [6.07, 6.45) is 1.66. The number of hydrogen-bond acceptors (Lipinski definition) is 4. The van der Waals surface area contributed by atoms with Crippen molar-refractivity contribution in [3.05, 3.63) is 0 Å². The molecular weight excluding hydrogens is 133 g/mol. The largest absolute Gasteiger partial charge is 0.639 e. The highest BCUT2D eigenvalue weighted by Gasteiger charge is 2.25. The van der Waals surface area contributed by atoms with Crippen LogP contribution in [0.25, 0.3) is 0 Å². The van der Waals surface area contributed by atoms with Gasteiger partial charge in [0.25, 0.3) is 0 Å². The van der Waals surface area contributed by atoms with E-state index >= 15 is 0 Å². The van der Waals surface area contributed by atoms with Gasteiger partial charge < -0.3 is 14.0 Å². The Morgan fingerprint density at radius 2 is 2.30 bits per heavy atom. The summed E-state index contributed by atoms with van der Waals surface area (Å²) < 4.78 is 15.0. The van der Waals surface area contributed by atoms with Gasteiger partial charge in [0.15, 0.2) is 0 Å². The maximum atomic E-state index is 5.05. The molecule has 5 heteroatoms. The van der Waals surface area contributed by atoms with Gasteiger partial charge in [0, 0.05) is 13.3 Å². The fourth-order valence-corrected chi connectivity index (χ4v) is 0.629. The molecule has 1 fully saturated rings. The van der Waals surface area contributed by atoms with Gasteiger partial charge in [-0.3, -0.25) is 4.99 Å². The van der Waals surface area contributed by atoms with Crippen LogP contribution in [0.3, 0.4) is 0 Å². The van der Waals surface area contributed by atoms with Gasteiger partial charge >= 0.3 is 7.32 Å². The molecular formula is C5H10BNO3. The van der Waals surface area contributed by atoms with Crippen LogP contribution >= 0.6 is 0 Å². The first kappa shape index (κ1) is 7.72. The first-order valence-electron chi connectivity index (χ1n) is 3.19. The second-order valence-corrected chi connectivity index (χ2v) is 1.80. The zero-order valence-corrected chi connectivity index (χ0v) is 5.95. The van der Waals surface area contributed by atoms with E-state index in [1.165, 1.54) is 0 Å². The lowest BCUT2D eigenvalue weighted by molar-refractivity contribution is 0.205. The Kier molecular flexibility index (Phi) is 3.42. The third kappa shape index (κ3) is 2.47. The zero-order chi connectivity index (χ0) is 7.23. The van der Waals surface area contributed by atoms with Gasteiger partial charge in [-0.1, -0.05) is 0 Å². The molecule has 1 rings (SSSR count). The molecule has 10 heavy (non-hydrogen) atoms. The van der Waals surface area contributed by atoms with Gasteiger partial charge in [-0.2, -0.15) is 0 Å². The maximum Gasteiger partial charge on any atom is 0.639 e. The average molecular weight is 143 g/mol. The van der Waals surface area contributed by atoms with E-state index in [4.69, 9.17) is 14.0 Å². The van der Waals surface area contributed by atoms with Crippen molar-refractivity contribution in [3.8, 4) is 0 Å². The molecule has 4 nitrogen and oxygen atoms in total. The highest BCUT2D eigenvalue weighted by atomic mass is 16.8. The van der Waals surface area contributed by atoms with E-state index in [-0.39, 0.29) is 0 Å². The number of rotatable bonds is 3. The molecule has 0 atom stereocenters. The zero-order valence-electron chi connectivity index (χ0n) is 5.95. The molecule has 0 saturated carbocycles. The van der Waals surface area contributed by atoms with Crippen LogP contribution in [0.4, 0.5) is 0 Å². The summed E-state index contributed by atoms with van der Waals surface area (Å²) in [5.74, 6) is 0. The summed E-state index contributed by atoms with van der Waals surface area (Å²) in [4.78, 5) is 3.74. The molecule has 0 aliphatic carbocycles. The van der Waals surface area contributed by atoms with Crippen molar-refractivity contribution in [2.45, 2.75) is 0 Å².